The maximum atomic E-state index is 9.91. The van der Waals surface area contributed by atoms with Crippen LogP contribution in [0.2, 0.25) is 0 Å². The summed E-state index contributed by atoms with van der Waals surface area (Å²) in [4.78, 5) is 10.8. The highest BCUT2D eigenvalue weighted by molar-refractivity contribution is 7.13. The van der Waals surface area contributed by atoms with E-state index in [9.17, 15) is 4.79 Å². The Labute approximate surface area is 56.8 Å². The quantitative estimate of drug-likeness (QED) is 0.630. The fourth-order valence-corrected chi connectivity index (χ4v) is 1.25. The third-order valence-electron chi connectivity index (χ3n) is 0.932. The van der Waals surface area contributed by atoms with Crippen LogP contribution in [-0.2, 0) is 11.2 Å². The van der Waals surface area contributed by atoms with Crippen molar-refractivity contribution in [2.24, 2.45) is 0 Å². The topological polar surface area (TPSA) is 37.3 Å². The number of carbonyl (C=O) groups is 1. The van der Waals surface area contributed by atoms with E-state index >= 15 is 0 Å². The van der Waals surface area contributed by atoms with Crippen LogP contribution in [0.5, 0.6) is 5.06 Å². The fourth-order valence-electron chi connectivity index (χ4n) is 0.558. The summed E-state index contributed by atoms with van der Waals surface area (Å²) < 4.78 is 0. The molecule has 0 aliphatic rings. The standard InChI is InChI=1S/C6H6O2S/c7-4-3-5-1-2-6(8)9-5/h1-2,4,8H,3H2. The van der Waals surface area contributed by atoms with Crippen molar-refractivity contribution in [3.63, 3.8) is 0 Å². The van der Waals surface area contributed by atoms with Crippen LogP contribution in [0.25, 0.3) is 0 Å². The van der Waals surface area contributed by atoms with Crippen LogP contribution in [0.1, 0.15) is 4.88 Å². The predicted molar refractivity (Wildman–Crippen MR) is 35.8 cm³/mol. The molecule has 0 aliphatic carbocycles. The first kappa shape index (κ1) is 6.29. The summed E-state index contributed by atoms with van der Waals surface area (Å²) in [5.74, 6) is 0. The molecule has 9 heavy (non-hydrogen) atoms. The minimum absolute atomic E-state index is 0.270. The van der Waals surface area contributed by atoms with E-state index in [0.717, 1.165) is 11.2 Å². The molecule has 1 heterocycles. The van der Waals surface area contributed by atoms with Gasteiger partial charge in [-0.25, -0.2) is 0 Å². The maximum absolute atomic E-state index is 9.91. The summed E-state index contributed by atoms with van der Waals surface area (Å²) >= 11 is 1.24. The molecule has 1 rings (SSSR count). The molecule has 0 fully saturated rings. The molecule has 0 saturated carbocycles. The molecule has 0 bridgehead atoms. The highest BCUT2D eigenvalue weighted by Gasteiger charge is 1.94. The molecule has 0 spiro atoms. The summed E-state index contributed by atoms with van der Waals surface area (Å²) in [6, 6.07) is 3.33. The second-order valence-corrected chi connectivity index (χ2v) is 2.76. The van der Waals surface area contributed by atoms with E-state index in [1.165, 1.54) is 11.3 Å². The minimum atomic E-state index is 0.270. The van der Waals surface area contributed by atoms with Gasteiger partial charge in [0.1, 0.15) is 6.29 Å². The largest absolute Gasteiger partial charge is 0.499 e. The molecule has 0 saturated heterocycles. The zero-order valence-electron chi connectivity index (χ0n) is 4.70. The van der Waals surface area contributed by atoms with Crippen molar-refractivity contribution in [3.8, 4) is 5.06 Å². The van der Waals surface area contributed by atoms with Crippen molar-refractivity contribution in [2.45, 2.75) is 6.42 Å². The first-order valence-corrected chi connectivity index (χ1v) is 3.36. The van der Waals surface area contributed by atoms with Crippen LogP contribution in [0.3, 0.4) is 0 Å². The molecule has 48 valence electrons. The van der Waals surface area contributed by atoms with E-state index in [4.69, 9.17) is 5.11 Å². The maximum Gasteiger partial charge on any atom is 0.171 e. The first-order chi connectivity index (χ1) is 4.33. The summed E-state index contributed by atoms with van der Waals surface area (Å²) in [6.07, 6.45) is 1.23. The second-order valence-electron chi connectivity index (χ2n) is 1.61. The lowest BCUT2D eigenvalue weighted by Gasteiger charge is -1.79. The van der Waals surface area contributed by atoms with E-state index in [-0.39, 0.29) is 5.06 Å². The van der Waals surface area contributed by atoms with Crippen LogP contribution in [-0.4, -0.2) is 11.4 Å². The molecule has 1 aromatic heterocycles. The minimum Gasteiger partial charge on any atom is -0.499 e. The summed E-state index contributed by atoms with van der Waals surface area (Å²) in [5, 5.41) is 9.05. The average molecular weight is 142 g/mol. The van der Waals surface area contributed by atoms with Crippen molar-refractivity contribution < 1.29 is 9.90 Å². The van der Waals surface area contributed by atoms with Gasteiger partial charge in [-0.05, 0) is 12.1 Å². The Hall–Kier alpha value is -0.830. The van der Waals surface area contributed by atoms with Gasteiger partial charge in [0.15, 0.2) is 5.06 Å². The number of carbonyl (C=O) groups excluding carboxylic acids is 1. The van der Waals surface area contributed by atoms with Crippen molar-refractivity contribution >= 4 is 17.6 Å². The Morgan fingerprint density at radius 1 is 1.67 bits per heavy atom. The van der Waals surface area contributed by atoms with Crippen LogP contribution in [0.15, 0.2) is 12.1 Å². The summed E-state index contributed by atoms with van der Waals surface area (Å²) in [5.41, 5.74) is 0. The van der Waals surface area contributed by atoms with E-state index < -0.39 is 0 Å². The molecule has 2 nitrogen and oxygen atoms in total. The Balaban J connectivity index is 2.72. The average Bonchev–Trinajstić information content (AvgIpc) is 2.17. The lowest BCUT2D eigenvalue weighted by Crippen LogP contribution is -1.76. The van der Waals surface area contributed by atoms with Gasteiger partial charge in [-0.3, -0.25) is 0 Å². The van der Waals surface area contributed by atoms with Crippen LogP contribution >= 0.6 is 11.3 Å². The van der Waals surface area contributed by atoms with Gasteiger partial charge in [0.25, 0.3) is 0 Å². The molecule has 1 N–H and O–H groups in total. The smallest absolute Gasteiger partial charge is 0.171 e. The monoisotopic (exact) mass is 142 g/mol. The number of aldehydes is 1. The summed E-state index contributed by atoms with van der Waals surface area (Å²) in [7, 11) is 0. The molecular weight excluding hydrogens is 136 g/mol. The van der Waals surface area contributed by atoms with E-state index in [0.29, 0.717) is 6.42 Å². The van der Waals surface area contributed by atoms with Gasteiger partial charge < -0.3 is 9.90 Å². The van der Waals surface area contributed by atoms with Gasteiger partial charge in [-0.15, -0.1) is 11.3 Å². The molecule has 0 aromatic carbocycles. The predicted octanol–water partition coefficient (Wildman–Crippen LogP) is 1.20. The van der Waals surface area contributed by atoms with Crippen LogP contribution in [0, 0.1) is 0 Å². The van der Waals surface area contributed by atoms with Gasteiger partial charge in [0, 0.05) is 11.3 Å². The molecule has 0 unspecified atom stereocenters. The van der Waals surface area contributed by atoms with Gasteiger partial charge in [0.05, 0.1) is 0 Å². The van der Waals surface area contributed by atoms with Crippen LogP contribution < -0.4 is 0 Å². The van der Waals surface area contributed by atoms with Gasteiger partial charge in [-0.1, -0.05) is 0 Å². The van der Waals surface area contributed by atoms with Gasteiger partial charge in [0.2, 0.25) is 0 Å². The molecule has 0 atom stereocenters. The van der Waals surface area contributed by atoms with E-state index in [1.807, 2.05) is 0 Å². The first-order valence-electron chi connectivity index (χ1n) is 2.54. The molecule has 0 aliphatic heterocycles. The van der Waals surface area contributed by atoms with Crippen molar-refractivity contribution in [1.29, 1.82) is 0 Å². The number of hydrogen-bond acceptors (Lipinski definition) is 3. The third-order valence-corrected chi connectivity index (χ3v) is 1.84. The Morgan fingerprint density at radius 2 is 2.44 bits per heavy atom. The molecule has 0 amide bonds. The number of aromatic hydroxyl groups is 1. The van der Waals surface area contributed by atoms with E-state index in [1.54, 1.807) is 12.1 Å². The zero-order chi connectivity index (χ0) is 6.69. The van der Waals surface area contributed by atoms with Gasteiger partial charge >= 0.3 is 0 Å². The molecular formula is C6H6O2S. The zero-order valence-corrected chi connectivity index (χ0v) is 5.52. The third kappa shape index (κ3) is 1.54. The van der Waals surface area contributed by atoms with Crippen LogP contribution in [0.4, 0.5) is 0 Å². The lowest BCUT2D eigenvalue weighted by atomic mass is 10.4. The number of rotatable bonds is 2. The number of hydrogen-bond donors (Lipinski definition) is 1. The van der Waals surface area contributed by atoms with Crippen molar-refractivity contribution in [2.75, 3.05) is 0 Å². The molecule has 0 radical (unpaired) electrons. The van der Waals surface area contributed by atoms with Gasteiger partial charge in [-0.2, -0.15) is 0 Å². The fraction of sp³-hybridized carbons (Fsp3) is 0.167. The van der Waals surface area contributed by atoms with Crippen molar-refractivity contribution in [3.05, 3.63) is 17.0 Å². The number of thiophene rings is 1. The van der Waals surface area contributed by atoms with Crippen molar-refractivity contribution in [1.82, 2.24) is 0 Å². The normalized spacial score (nSPS) is 9.33. The highest BCUT2D eigenvalue weighted by atomic mass is 32.1. The Bertz CT molecular complexity index is 205. The second kappa shape index (κ2) is 2.64. The molecule has 1 aromatic rings. The highest BCUT2D eigenvalue weighted by Crippen LogP contribution is 2.21. The Morgan fingerprint density at radius 3 is 2.89 bits per heavy atom. The summed E-state index contributed by atoms with van der Waals surface area (Å²) in [6.45, 7) is 0. The molecule has 3 heteroatoms. The van der Waals surface area contributed by atoms with E-state index in [2.05, 4.69) is 0 Å². The Kier molecular flexibility index (Phi) is 1.85. The lowest BCUT2D eigenvalue weighted by molar-refractivity contribution is -0.107. The SMILES string of the molecule is O=CCc1ccc(O)s1.